The van der Waals surface area contributed by atoms with Gasteiger partial charge in [0.05, 0.1) is 6.20 Å². The molecule has 0 atom stereocenters. The molecule has 3 aromatic rings. The van der Waals surface area contributed by atoms with Crippen LogP contribution in [0, 0.1) is 5.82 Å². The molecule has 0 aliphatic carbocycles. The van der Waals surface area contributed by atoms with Gasteiger partial charge in [0.2, 0.25) is 0 Å². The van der Waals surface area contributed by atoms with Gasteiger partial charge >= 0.3 is 0 Å². The van der Waals surface area contributed by atoms with E-state index < -0.39 is 5.82 Å². The fraction of sp³-hybridized carbons (Fsp3) is 0.111. The first-order valence-corrected chi connectivity index (χ1v) is 7.90. The Morgan fingerprint density at radius 1 is 1.17 bits per heavy atom. The Morgan fingerprint density at radius 3 is 2.71 bits per heavy atom. The number of hydrogen-bond donors (Lipinski definition) is 1. The van der Waals surface area contributed by atoms with Crippen LogP contribution in [0.3, 0.4) is 0 Å². The highest BCUT2D eigenvalue weighted by molar-refractivity contribution is 6.30. The summed E-state index contributed by atoms with van der Waals surface area (Å²) in [6.07, 6.45) is 4.55. The minimum Gasteiger partial charge on any atom is -0.349 e. The summed E-state index contributed by atoms with van der Waals surface area (Å²) in [6, 6.07) is 8.81. The number of aromatic nitrogens is 2. The number of hydrogen-bond acceptors (Lipinski definition) is 2. The Kier molecular flexibility index (Phi) is 3.58. The maximum Gasteiger partial charge on any atom is 0.268 e. The number of benzene rings is 1. The zero-order valence-corrected chi connectivity index (χ0v) is 13.3. The Balaban J connectivity index is 2.02. The SMILES string of the molecule is O=C1NCCn2cc(-c3ccncc3F)c(-c3ccc(Cl)cc3)c21. The van der Waals surface area contributed by atoms with E-state index in [9.17, 15) is 9.18 Å². The first-order chi connectivity index (χ1) is 11.6. The zero-order valence-electron chi connectivity index (χ0n) is 12.6. The van der Waals surface area contributed by atoms with Crippen LogP contribution in [-0.2, 0) is 6.54 Å². The number of carbonyl (C=O) groups is 1. The van der Waals surface area contributed by atoms with Crippen molar-refractivity contribution in [3.05, 3.63) is 65.5 Å². The number of rotatable bonds is 2. The second-order valence-corrected chi connectivity index (χ2v) is 6.01. The fourth-order valence-corrected chi connectivity index (χ4v) is 3.18. The van der Waals surface area contributed by atoms with Gasteiger partial charge < -0.3 is 9.88 Å². The predicted molar refractivity (Wildman–Crippen MR) is 90.4 cm³/mol. The molecule has 0 bridgehead atoms. The number of pyridine rings is 1. The van der Waals surface area contributed by atoms with Crippen LogP contribution in [0.1, 0.15) is 10.5 Å². The van der Waals surface area contributed by atoms with Crippen molar-refractivity contribution in [3.8, 4) is 22.3 Å². The van der Waals surface area contributed by atoms with Gasteiger partial charge in [0, 0.05) is 47.2 Å². The highest BCUT2D eigenvalue weighted by atomic mass is 35.5. The van der Waals surface area contributed by atoms with E-state index in [0.717, 1.165) is 5.56 Å². The third-order valence-corrected chi connectivity index (χ3v) is 4.38. The van der Waals surface area contributed by atoms with Gasteiger partial charge in [-0.15, -0.1) is 0 Å². The van der Waals surface area contributed by atoms with Gasteiger partial charge in [0.1, 0.15) is 11.5 Å². The van der Waals surface area contributed by atoms with Gasteiger partial charge in [0.25, 0.3) is 5.91 Å². The van der Waals surface area contributed by atoms with Gasteiger partial charge in [-0.05, 0) is 23.8 Å². The summed E-state index contributed by atoms with van der Waals surface area (Å²) in [6.45, 7) is 1.20. The Hall–Kier alpha value is -2.66. The minimum absolute atomic E-state index is 0.160. The maximum absolute atomic E-state index is 14.3. The molecule has 0 saturated heterocycles. The van der Waals surface area contributed by atoms with Crippen molar-refractivity contribution >= 4 is 17.5 Å². The lowest BCUT2D eigenvalue weighted by Crippen LogP contribution is -2.35. The molecule has 2 aromatic heterocycles. The van der Waals surface area contributed by atoms with Crippen molar-refractivity contribution in [1.29, 1.82) is 0 Å². The largest absolute Gasteiger partial charge is 0.349 e. The number of amides is 1. The number of carbonyl (C=O) groups excluding carboxylic acids is 1. The molecule has 0 saturated carbocycles. The van der Waals surface area contributed by atoms with Crippen LogP contribution in [-0.4, -0.2) is 22.0 Å². The van der Waals surface area contributed by atoms with Gasteiger partial charge in [-0.1, -0.05) is 23.7 Å². The Labute approximate surface area is 142 Å². The molecular weight excluding hydrogens is 329 g/mol. The average molecular weight is 342 g/mol. The van der Waals surface area contributed by atoms with E-state index in [1.807, 2.05) is 22.9 Å². The van der Waals surface area contributed by atoms with Crippen molar-refractivity contribution in [1.82, 2.24) is 14.9 Å². The molecule has 1 aromatic carbocycles. The molecular formula is C18H13ClFN3O. The third kappa shape index (κ3) is 2.37. The van der Waals surface area contributed by atoms with Crippen LogP contribution in [0.25, 0.3) is 22.3 Å². The van der Waals surface area contributed by atoms with Crippen LogP contribution < -0.4 is 5.32 Å². The number of nitrogens with one attached hydrogen (secondary N) is 1. The molecule has 1 amide bonds. The van der Waals surface area contributed by atoms with Crippen LogP contribution >= 0.6 is 11.6 Å². The van der Waals surface area contributed by atoms with Crippen molar-refractivity contribution in [3.63, 3.8) is 0 Å². The Bertz CT molecular complexity index is 934. The van der Waals surface area contributed by atoms with E-state index >= 15 is 0 Å². The van der Waals surface area contributed by atoms with Gasteiger partial charge in [-0.2, -0.15) is 0 Å². The maximum atomic E-state index is 14.3. The number of nitrogens with zero attached hydrogens (tertiary/aromatic N) is 2. The molecule has 1 N–H and O–H groups in total. The van der Waals surface area contributed by atoms with Crippen molar-refractivity contribution in [2.45, 2.75) is 6.54 Å². The molecule has 3 heterocycles. The summed E-state index contributed by atoms with van der Waals surface area (Å²) < 4.78 is 16.2. The highest BCUT2D eigenvalue weighted by Gasteiger charge is 2.27. The molecule has 0 spiro atoms. The summed E-state index contributed by atoms with van der Waals surface area (Å²) in [5, 5.41) is 3.45. The van der Waals surface area contributed by atoms with E-state index in [-0.39, 0.29) is 5.91 Å². The smallest absolute Gasteiger partial charge is 0.268 e. The molecule has 6 heteroatoms. The van der Waals surface area contributed by atoms with E-state index in [4.69, 9.17) is 11.6 Å². The van der Waals surface area contributed by atoms with Gasteiger partial charge in [0.15, 0.2) is 0 Å². The molecule has 4 nitrogen and oxygen atoms in total. The van der Waals surface area contributed by atoms with Crippen molar-refractivity contribution in [2.24, 2.45) is 0 Å². The molecule has 4 rings (SSSR count). The normalized spacial score (nSPS) is 13.5. The predicted octanol–water partition coefficient (Wildman–Crippen LogP) is 3.75. The summed E-state index contributed by atoms with van der Waals surface area (Å²) in [4.78, 5) is 16.2. The van der Waals surface area contributed by atoms with Crippen LogP contribution in [0.5, 0.6) is 0 Å². The van der Waals surface area contributed by atoms with Crippen molar-refractivity contribution in [2.75, 3.05) is 6.54 Å². The quantitative estimate of drug-likeness (QED) is 0.771. The van der Waals surface area contributed by atoms with E-state index in [1.165, 1.54) is 6.20 Å². The van der Waals surface area contributed by atoms with Crippen LogP contribution in [0.2, 0.25) is 5.02 Å². The van der Waals surface area contributed by atoms with Gasteiger partial charge in [-0.3, -0.25) is 9.78 Å². The first-order valence-electron chi connectivity index (χ1n) is 7.52. The summed E-state index contributed by atoms with van der Waals surface area (Å²) in [5.74, 6) is -0.581. The molecule has 120 valence electrons. The lowest BCUT2D eigenvalue weighted by Gasteiger charge is -2.17. The highest BCUT2D eigenvalue weighted by Crippen LogP contribution is 2.38. The molecule has 24 heavy (non-hydrogen) atoms. The summed E-state index contributed by atoms with van der Waals surface area (Å²) >= 11 is 5.97. The van der Waals surface area contributed by atoms with Gasteiger partial charge in [-0.25, -0.2) is 4.39 Å². The lowest BCUT2D eigenvalue weighted by molar-refractivity contribution is 0.0929. The lowest BCUT2D eigenvalue weighted by atomic mass is 9.96. The summed E-state index contributed by atoms with van der Waals surface area (Å²) in [5.41, 5.74) is 3.15. The van der Waals surface area contributed by atoms with Crippen LogP contribution in [0.15, 0.2) is 48.9 Å². The standard InChI is InChI=1S/C18H13ClFN3O/c19-12-3-1-11(2-4-12)16-14(13-5-6-21-9-15(13)20)10-23-8-7-22-18(24)17(16)23/h1-6,9-10H,7-8H2,(H,22,24). The second-order valence-electron chi connectivity index (χ2n) is 5.58. The Morgan fingerprint density at radius 2 is 1.96 bits per heavy atom. The topological polar surface area (TPSA) is 46.9 Å². The average Bonchev–Trinajstić information content (AvgIpc) is 2.97. The van der Waals surface area contributed by atoms with E-state index in [1.54, 1.807) is 24.4 Å². The third-order valence-electron chi connectivity index (χ3n) is 4.13. The van der Waals surface area contributed by atoms with Crippen molar-refractivity contribution < 1.29 is 9.18 Å². The zero-order chi connectivity index (χ0) is 16.7. The number of fused-ring (bicyclic) bond motifs is 1. The minimum atomic E-state index is -0.420. The molecule has 0 radical (unpaired) electrons. The fourth-order valence-electron chi connectivity index (χ4n) is 3.06. The molecule has 1 aliphatic rings. The molecule has 0 fully saturated rings. The van der Waals surface area contributed by atoms with E-state index in [2.05, 4.69) is 10.3 Å². The second kappa shape index (κ2) is 5.76. The number of halogens is 2. The molecule has 0 unspecified atom stereocenters. The van der Waals surface area contributed by atoms with Crippen LogP contribution in [0.4, 0.5) is 4.39 Å². The summed E-state index contributed by atoms with van der Waals surface area (Å²) in [7, 11) is 0. The van der Waals surface area contributed by atoms with E-state index in [0.29, 0.717) is 40.5 Å². The first kappa shape index (κ1) is 14.9. The monoisotopic (exact) mass is 341 g/mol. The molecule has 1 aliphatic heterocycles.